The van der Waals surface area contributed by atoms with Crippen molar-refractivity contribution in [1.29, 1.82) is 0 Å². The minimum Gasteiger partial charge on any atom is -0.545 e. The number of carboxylic acids is 1. The number of ether oxygens (including phenoxy) is 4. The summed E-state index contributed by atoms with van der Waals surface area (Å²) in [5, 5.41) is 11.9. The molecule has 2 unspecified atom stereocenters. The van der Waals surface area contributed by atoms with Crippen molar-refractivity contribution in [1.82, 2.24) is 0 Å². The molecule has 0 aromatic heterocycles. The summed E-state index contributed by atoms with van der Waals surface area (Å²) >= 11 is 0. The summed E-state index contributed by atoms with van der Waals surface area (Å²) in [7, 11) is 5.96. The number of allylic oxidation sites excluding steroid dienone is 4. The molecular formula is C91H175NO8. The lowest BCUT2D eigenvalue weighted by Crippen LogP contribution is -2.44. The second kappa shape index (κ2) is 82.4. The largest absolute Gasteiger partial charge is 0.545 e. The van der Waals surface area contributed by atoms with Gasteiger partial charge in [0.1, 0.15) is 13.2 Å². The molecule has 9 nitrogen and oxygen atoms in total. The quantitative estimate of drug-likeness (QED) is 0.0195. The van der Waals surface area contributed by atoms with E-state index in [0.29, 0.717) is 17.4 Å². The molecule has 100 heavy (non-hydrogen) atoms. The minimum atomic E-state index is -1.62. The third-order valence-electron chi connectivity index (χ3n) is 21.0. The molecule has 592 valence electrons. The Morgan fingerprint density at radius 2 is 0.540 bits per heavy atom. The molecule has 0 bridgehead atoms. The van der Waals surface area contributed by atoms with Gasteiger partial charge in [0.25, 0.3) is 0 Å². The van der Waals surface area contributed by atoms with Crippen LogP contribution >= 0.6 is 0 Å². The van der Waals surface area contributed by atoms with Crippen LogP contribution in [0.4, 0.5) is 0 Å². The van der Waals surface area contributed by atoms with E-state index in [-0.39, 0.29) is 32.2 Å². The fraction of sp³-hybridized carbons (Fsp3) is 0.923. The predicted molar refractivity (Wildman–Crippen MR) is 431 cm³/mol. The topological polar surface area (TPSA) is 111 Å². The molecular weight excluding hydrogens is 1230 g/mol. The Hall–Kier alpha value is -2.23. The number of unbranched alkanes of at least 4 members (excludes halogenated alkanes) is 67. The van der Waals surface area contributed by atoms with E-state index in [1.165, 1.54) is 411 Å². The first-order valence-electron chi connectivity index (χ1n) is 45.0. The number of carboxylic acid groups (broad SMARTS) is 1. The van der Waals surface area contributed by atoms with Gasteiger partial charge >= 0.3 is 11.9 Å². The second-order valence-electron chi connectivity index (χ2n) is 32.3. The second-order valence-corrected chi connectivity index (χ2v) is 32.3. The molecule has 0 radical (unpaired) electrons. The molecule has 0 amide bonds. The zero-order chi connectivity index (χ0) is 72.5. The van der Waals surface area contributed by atoms with E-state index in [1.807, 2.05) is 21.1 Å². The normalized spacial score (nSPS) is 12.6. The standard InChI is InChI=1S/C91H175NO8/c1-6-8-10-12-14-16-18-20-22-24-26-28-30-32-34-36-38-40-42-44-46-47-49-51-53-55-57-59-61-63-65-67-69-71-73-75-77-79-81-88(93)98-85-87(86-99-91(90(95)96)97-84-83-92(3,4)5)100-89(94)82-80-78-76-74-72-70-68-66-64-62-60-58-56-54-52-50-48-45-43-41-39-37-35-33-31-29-27-25-23-21-19-17-15-13-11-9-7-2/h19,21,25,27,87,91H,6-18,20,22-24,26,28-86H2,1-5H3/b21-19-,27-25-. The first-order chi connectivity index (χ1) is 49.1. The van der Waals surface area contributed by atoms with Crippen LogP contribution in [0.2, 0.25) is 0 Å². The molecule has 0 spiro atoms. The van der Waals surface area contributed by atoms with Crippen LogP contribution in [0.25, 0.3) is 0 Å². The van der Waals surface area contributed by atoms with Crippen LogP contribution in [-0.4, -0.2) is 82.3 Å². The maximum atomic E-state index is 13.0. The van der Waals surface area contributed by atoms with Crippen LogP contribution in [0, 0.1) is 0 Å². The van der Waals surface area contributed by atoms with Crippen molar-refractivity contribution < 1.29 is 42.9 Å². The molecule has 0 saturated carbocycles. The number of quaternary nitrogens is 1. The molecule has 0 aromatic rings. The average molecular weight is 1410 g/mol. The maximum Gasteiger partial charge on any atom is 0.306 e. The molecule has 0 aliphatic carbocycles. The third kappa shape index (κ3) is 83.0. The predicted octanol–water partition coefficient (Wildman–Crippen LogP) is 27.9. The SMILES string of the molecule is CCCCCCC/C=C\C/C=C\CCCCCCCCCCCCCCCCCCCCCCCCCCCC(=O)OC(COC(=O)CCCCCCCCCCCCCCCCCCCCCCCCCCCCCCCCCCCCCCCC)COC(OCC[N+](C)(C)C)C(=O)[O-]. The Morgan fingerprint density at radius 3 is 0.790 bits per heavy atom. The van der Waals surface area contributed by atoms with Gasteiger partial charge in [-0.15, -0.1) is 0 Å². The van der Waals surface area contributed by atoms with Crippen LogP contribution in [0.3, 0.4) is 0 Å². The van der Waals surface area contributed by atoms with Crippen molar-refractivity contribution in [3.05, 3.63) is 24.3 Å². The highest BCUT2D eigenvalue weighted by Crippen LogP contribution is 2.21. The monoisotopic (exact) mass is 1410 g/mol. The number of esters is 2. The van der Waals surface area contributed by atoms with Gasteiger partial charge in [-0.25, -0.2) is 0 Å². The number of hydrogen-bond donors (Lipinski definition) is 0. The van der Waals surface area contributed by atoms with Crippen LogP contribution in [0.15, 0.2) is 24.3 Å². The van der Waals surface area contributed by atoms with Gasteiger partial charge in [-0.1, -0.05) is 449 Å². The third-order valence-corrected chi connectivity index (χ3v) is 21.0. The molecule has 0 N–H and O–H groups in total. The first-order valence-corrected chi connectivity index (χ1v) is 45.0. The van der Waals surface area contributed by atoms with Gasteiger partial charge in [-0.3, -0.25) is 9.59 Å². The number of nitrogens with zero attached hydrogens (tertiary/aromatic N) is 1. The Bertz CT molecular complexity index is 1690. The molecule has 0 rings (SSSR count). The molecule has 0 fully saturated rings. The van der Waals surface area contributed by atoms with E-state index in [0.717, 1.165) is 44.9 Å². The molecule has 0 heterocycles. The van der Waals surface area contributed by atoms with Crippen molar-refractivity contribution in [3.63, 3.8) is 0 Å². The molecule has 2 atom stereocenters. The summed E-state index contributed by atoms with van der Waals surface area (Å²) in [5.74, 6) is -2.24. The lowest BCUT2D eigenvalue weighted by Gasteiger charge is -2.26. The van der Waals surface area contributed by atoms with Gasteiger partial charge in [-0.2, -0.15) is 0 Å². The van der Waals surface area contributed by atoms with Gasteiger partial charge in [0.15, 0.2) is 12.4 Å². The Balaban J connectivity index is 3.88. The van der Waals surface area contributed by atoms with E-state index >= 15 is 0 Å². The van der Waals surface area contributed by atoms with Gasteiger partial charge in [0.2, 0.25) is 0 Å². The van der Waals surface area contributed by atoms with Crippen molar-refractivity contribution in [2.45, 2.75) is 495 Å². The number of hydrogen-bond acceptors (Lipinski definition) is 8. The summed E-state index contributed by atoms with van der Waals surface area (Å²) in [6.45, 7) is 4.84. The van der Waals surface area contributed by atoms with Gasteiger partial charge in [0.05, 0.1) is 40.3 Å². The van der Waals surface area contributed by atoms with Crippen LogP contribution in [-0.2, 0) is 33.3 Å². The zero-order valence-corrected chi connectivity index (χ0v) is 68.1. The summed E-state index contributed by atoms with van der Waals surface area (Å²) in [4.78, 5) is 37.7. The Labute approximate surface area is 624 Å². The minimum absolute atomic E-state index is 0.153. The van der Waals surface area contributed by atoms with Crippen LogP contribution in [0.1, 0.15) is 483 Å². The molecule has 0 aliphatic rings. The number of likely N-dealkylation sites (N-methyl/N-ethyl adjacent to an activating group) is 1. The lowest BCUT2D eigenvalue weighted by atomic mass is 10.0. The number of carbonyl (C=O) groups is 3. The van der Waals surface area contributed by atoms with E-state index < -0.39 is 24.3 Å². The van der Waals surface area contributed by atoms with Crippen LogP contribution < -0.4 is 5.11 Å². The molecule has 0 aromatic carbocycles. The Kier molecular flexibility index (Phi) is 80.6. The number of aliphatic carboxylic acids is 1. The van der Waals surface area contributed by atoms with Gasteiger partial charge in [-0.05, 0) is 44.9 Å². The highest BCUT2D eigenvalue weighted by molar-refractivity contribution is 5.70. The van der Waals surface area contributed by atoms with Crippen molar-refractivity contribution >= 4 is 17.9 Å². The molecule has 0 saturated heterocycles. The lowest BCUT2D eigenvalue weighted by molar-refractivity contribution is -0.870. The molecule has 0 aliphatic heterocycles. The number of rotatable bonds is 86. The van der Waals surface area contributed by atoms with Crippen molar-refractivity contribution in [3.8, 4) is 0 Å². The maximum absolute atomic E-state index is 13.0. The highest BCUT2D eigenvalue weighted by atomic mass is 16.7. The molecule has 9 heteroatoms. The average Bonchev–Trinajstić information content (AvgIpc) is 1.14. The van der Waals surface area contributed by atoms with Crippen molar-refractivity contribution in [2.24, 2.45) is 0 Å². The first kappa shape index (κ1) is 97.8. The van der Waals surface area contributed by atoms with E-state index in [1.54, 1.807) is 0 Å². The Morgan fingerprint density at radius 1 is 0.300 bits per heavy atom. The zero-order valence-electron chi connectivity index (χ0n) is 68.1. The van der Waals surface area contributed by atoms with Gasteiger partial charge in [0, 0.05) is 12.8 Å². The summed E-state index contributed by atoms with van der Waals surface area (Å²) in [5.41, 5.74) is 0. The fourth-order valence-electron chi connectivity index (χ4n) is 14.1. The fourth-order valence-corrected chi connectivity index (χ4v) is 14.1. The summed E-state index contributed by atoms with van der Waals surface area (Å²) in [6.07, 6.45) is 104. The van der Waals surface area contributed by atoms with E-state index in [2.05, 4.69) is 38.2 Å². The van der Waals surface area contributed by atoms with Crippen molar-refractivity contribution in [2.75, 3.05) is 47.5 Å². The van der Waals surface area contributed by atoms with E-state index in [4.69, 9.17) is 18.9 Å². The van der Waals surface area contributed by atoms with E-state index in [9.17, 15) is 19.5 Å². The van der Waals surface area contributed by atoms with Crippen LogP contribution in [0.5, 0.6) is 0 Å². The smallest absolute Gasteiger partial charge is 0.306 e. The summed E-state index contributed by atoms with van der Waals surface area (Å²) < 4.78 is 22.9. The highest BCUT2D eigenvalue weighted by Gasteiger charge is 2.22. The number of carbonyl (C=O) groups excluding carboxylic acids is 3. The summed E-state index contributed by atoms with van der Waals surface area (Å²) in [6, 6.07) is 0. The van der Waals surface area contributed by atoms with Gasteiger partial charge < -0.3 is 33.3 Å².